The lowest BCUT2D eigenvalue weighted by Gasteiger charge is -2.26. The SMILES string of the molecule is CC1CCC(C(=O)N[C@@H](C)CN)CC1.Cl. The van der Waals surface area contributed by atoms with Gasteiger partial charge in [-0.3, -0.25) is 4.79 Å². The molecule has 0 aromatic heterocycles. The molecule has 0 aromatic rings. The zero-order valence-electron chi connectivity index (χ0n) is 9.66. The summed E-state index contributed by atoms with van der Waals surface area (Å²) >= 11 is 0. The van der Waals surface area contributed by atoms with Crippen LogP contribution in [0.3, 0.4) is 0 Å². The van der Waals surface area contributed by atoms with Crippen LogP contribution in [0.4, 0.5) is 0 Å². The van der Waals surface area contributed by atoms with Gasteiger partial charge >= 0.3 is 0 Å². The Morgan fingerprint density at radius 1 is 1.40 bits per heavy atom. The Kier molecular flexibility index (Phi) is 6.94. The van der Waals surface area contributed by atoms with Gasteiger partial charge in [-0.1, -0.05) is 6.92 Å². The van der Waals surface area contributed by atoms with Gasteiger partial charge in [0.05, 0.1) is 0 Å². The van der Waals surface area contributed by atoms with Crippen LogP contribution in [0.5, 0.6) is 0 Å². The number of nitrogens with one attached hydrogen (secondary N) is 1. The molecule has 90 valence electrons. The Bertz CT molecular complexity index is 191. The topological polar surface area (TPSA) is 55.1 Å². The lowest BCUT2D eigenvalue weighted by Crippen LogP contribution is -2.42. The van der Waals surface area contributed by atoms with E-state index in [1.165, 1.54) is 12.8 Å². The number of hydrogen-bond acceptors (Lipinski definition) is 2. The van der Waals surface area contributed by atoms with Crippen molar-refractivity contribution in [3.8, 4) is 0 Å². The summed E-state index contributed by atoms with van der Waals surface area (Å²) in [4.78, 5) is 11.7. The highest BCUT2D eigenvalue weighted by molar-refractivity contribution is 5.85. The van der Waals surface area contributed by atoms with Crippen LogP contribution in [0.1, 0.15) is 39.5 Å². The highest BCUT2D eigenvalue weighted by atomic mass is 35.5. The van der Waals surface area contributed by atoms with E-state index >= 15 is 0 Å². The van der Waals surface area contributed by atoms with Gasteiger partial charge in [-0.2, -0.15) is 0 Å². The molecule has 1 atom stereocenters. The monoisotopic (exact) mass is 234 g/mol. The molecule has 0 aliphatic heterocycles. The Morgan fingerprint density at radius 2 is 1.93 bits per heavy atom. The van der Waals surface area contributed by atoms with E-state index in [-0.39, 0.29) is 30.3 Å². The molecule has 15 heavy (non-hydrogen) atoms. The summed E-state index contributed by atoms with van der Waals surface area (Å²) < 4.78 is 0. The zero-order valence-corrected chi connectivity index (χ0v) is 10.5. The smallest absolute Gasteiger partial charge is 0.223 e. The lowest BCUT2D eigenvalue weighted by molar-refractivity contribution is -0.126. The molecule has 0 spiro atoms. The minimum Gasteiger partial charge on any atom is -0.352 e. The average Bonchev–Trinajstić information content (AvgIpc) is 2.18. The standard InChI is InChI=1S/C11H22N2O.ClH/c1-8-3-5-10(6-4-8)11(14)13-9(2)7-12;/h8-10H,3-7,12H2,1-2H3,(H,13,14);1H/t8?,9-,10?;/m0./s1. The molecule has 1 saturated carbocycles. The van der Waals surface area contributed by atoms with Gasteiger partial charge in [0.1, 0.15) is 0 Å². The molecule has 3 nitrogen and oxygen atoms in total. The maximum atomic E-state index is 11.7. The molecule has 4 heteroatoms. The van der Waals surface area contributed by atoms with Crippen molar-refractivity contribution >= 4 is 18.3 Å². The molecule has 1 fully saturated rings. The van der Waals surface area contributed by atoms with Crippen LogP contribution < -0.4 is 11.1 Å². The van der Waals surface area contributed by atoms with Crippen LogP contribution in [0.25, 0.3) is 0 Å². The third-order valence-corrected chi connectivity index (χ3v) is 3.13. The summed E-state index contributed by atoms with van der Waals surface area (Å²) in [7, 11) is 0. The molecule has 3 N–H and O–H groups in total. The molecule has 0 saturated heterocycles. The van der Waals surface area contributed by atoms with E-state index in [9.17, 15) is 4.79 Å². The van der Waals surface area contributed by atoms with Gasteiger partial charge in [-0.15, -0.1) is 12.4 Å². The third-order valence-electron chi connectivity index (χ3n) is 3.13. The highest BCUT2D eigenvalue weighted by Crippen LogP contribution is 2.28. The van der Waals surface area contributed by atoms with Crippen molar-refractivity contribution in [1.29, 1.82) is 0 Å². The van der Waals surface area contributed by atoms with E-state index in [1.807, 2.05) is 6.92 Å². The van der Waals surface area contributed by atoms with E-state index in [0.29, 0.717) is 6.54 Å². The Hall–Kier alpha value is -0.280. The molecule has 0 heterocycles. The Balaban J connectivity index is 0.00000196. The number of hydrogen-bond donors (Lipinski definition) is 2. The first-order valence-corrected chi connectivity index (χ1v) is 5.64. The van der Waals surface area contributed by atoms with Crippen LogP contribution in [-0.2, 0) is 4.79 Å². The van der Waals surface area contributed by atoms with E-state index in [4.69, 9.17) is 5.73 Å². The minimum atomic E-state index is 0. The number of nitrogens with two attached hydrogens (primary N) is 1. The molecule has 1 amide bonds. The zero-order chi connectivity index (χ0) is 10.6. The van der Waals surface area contributed by atoms with Gasteiger partial charge in [0.25, 0.3) is 0 Å². The predicted octanol–water partition coefficient (Wildman–Crippen LogP) is 1.70. The van der Waals surface area contributed by atoms with E-state index in [0.717, 1.165) is 18.8 Å². The Labute approximate surface area is 98.6 Å². The molecule has 1 aliphatic rings. The number of carbonyl (C=O) groups excluding carboxylic acids is 1. The first-order chi connectivity index (χ1) is 6.63. The average molecular weight is 235 g/mol. The molecule has 0 unspecified atom stereocenters. The van der Waals surface area contributed by atoms with Gasteiger partial charge < -0.3 is 11.1 Å². The van der Waals surface area contributed by atoms with Gasteiger partial charge in [0.2, 0.25) is 5.91 Å². The van der Waals surface area contributed by atoms with Crippen molar-refractivity contribution in [1.82, 2.24) is 5.32 Å². The van der Waals surface area contributed by atoms with Gasteiger partial charge in [-0.05, 0) is 38.5 Å². The molecule has 0 bridgehead atoms. The number of carbonyl (C=O) groups is 1. The fraction of sp³-hybridized carbons (Fsp3) is 0.909. The normalized spacial score (nSPS) is 27.7. The summed E-state index contributed by atoms with van der Waals surface area (Å²) in [6.45, 7) is 4.73. The van der Waals surface area contributed by atoms with Crippen molar-refractivity contribution in [2.45, 2.75) is 45.6 Å². The molecule has 1 rings (SSSR count). The molecule has 0 aromatic carbocycles. The van der Waals surface area contributed by atoms with Gasteiger partial charge in [-0.25, -0.2) is 0 Å². The minimum absolute atomic E-state index is 0. The largest absolute Gasteiger partial charge is 0.352 e. The summed E-state index contributed by atoms with van der Waals surface area (Å²) in [5.41, 5.74) is 5.46. The van der Waals surface area contributed by atoms with Crippen LogP contribution in [0.15, 0.2) is 0 Å². The predicted molar refractivity (Wildman–Crippen MR) is 65.0 cm³/mol. The quantitative estimate of drug-likeness (QED) is 0.781. The fourth-order valence-corrected chi connectivity index (χ4v) is 1.94. The van der Waals surface area contributed by atoms with E-state index in [2.05, 4.69) is 12.2 Å². The van der Waals surface area contributed by atoms with Crippen molar-refractivity contribution in [2.75, 3.05) is 6.54 Å². The molecular formula is C11H23ClN2O. The maximum Gasteiger partial charge on any atom is 0.223 e. The molecule has 0 radical (unpaired) electrons. The van der Waals surface area contributed by atoms with Crippen LogP contribution >= 0.6 is 12.4 Å². The van der Waals surface area contributed by atoms with Crippen LogP contribution in [-0.4, -0.2) is 18.5 Å². The second kappa shape index (κ2) is 7.07. The second-order valence-electron chi connectivity index (χ2n) is 4.60. The van der Waals surface area contributed by atoms with E-state index in [1.54, 1.807) is 0 Å². The number of amides is 1. The summed E-state index contributed by atoms with van der Waals surface area (Å²) in [6.07, 6.45) is 4.47. The molecular weight excluding hydrogens is 212 g/mol. The lowest BCUT2D eigenvalue weighted by atomic mass is 9.82. The number of rotatable bonds is 3. The van der Waals surface area contributed by atoms with Crippen LogP contribution in [0, 0.1) is 11.8 Å². The highest BCUT2D eigenvalue weighted by Gasteiger charge is 2.24. The van der Waals surface area contributed by atoms with Crippen molar-refractivity contribution in [2.24, 2.45) is 17.6 Å². The number of halogens is 1. The van der Waals surface area contributed by atoms with Crippen molar-refractivity contribution in [3.63, 3.8) is 0 Å². The van der Waals surface area contributed by atoms with E-state index < -0.39 is 0 Å². The maximum absolute atomic E-state index is 11.7. The van der Waals surface area contributed by atoms with Gasteiger partial charge in [0, 0.05) is 18.5 Å². The molecule has 1 aliphatic carbocycles. The first-order valence-electron chi connectivity index (χ1n) is 5.64. The van der Waals surface area contributed by atoms with Gasteiger partial charge in [0.15, 0.2) is 0 Å². The summed E-state index contributed by atoms with van der Waals surface area (Å²) in [5, 5.41) is 2.95. The first kappa shape index (κ1) is 14.7. The second-order valence-corrected chi connectivity index (χ2v) is 4.60. The Morgan fingerprint density at radius 3 is 2.40 bits per heavy atom. The van der Waals surface area contributed by atoms with Crippen LogP contribution in [0.2, 0.25) is 0 Å². The van der Waals surface area contributed by atoms with Crippen molar-refractivity contribution in [3.05, 3.63) is 0 Å². The summed E-state index contributed by atoms with van der Waals surface area (Å²) in [6, 6.07) is 0.113. The van der Waals surface area contributed by atoms with Crippen molar-refractivity contribution < 1.29 is 4.79 Å². The summed E-state index contributed by atoms with van der Waals surface area (Å²) in [5.74, 6) is 1.24. The third kappa shape index (κ3) is 4.85. The fourth-order valence-electron chi connectivity index (χ4n) is 1.94.